The van der Waals surface area contributed by atoms with E-state index >= 15 is 0 Å². The Labute approximate surface area is 193 Å². The molecular formula is C25H28N6O2. The van der Waals surface area contributed by atoms with E-state index in [0.717, 1.165) is 29.9 Å². The Kier molecular flexibility index (Phi) is 6.63. The number of piperidine rings is 1. The largest absolute Gasteiger partial charge is 0.363 e. The first-order chi connectivity index (χ1) is 15.9. The number of amides is 2. The van der Waals surface area contributed by atoms with E-state index in [2.05, 4.69) is 10.3 Å². The highest BCUT2D eigenvalue weighted by atomic mass is 16.2. The molecule has 3 aromatic rings. The Morgan fingerprint density at radius 2 is 1.67 bits per heavy atom. The summed E-state index contributed by atoms with van der Waals surface area (Å²) >= 11 is 0. The van der Waals surface area contributed by atoms with Crippen LogP contribution in [0.25, 0.3) is 11.4 Å². The lowest BCUT2D eigenvalue weighted by Crippen LogP contribution is -2.38. The van der Waals surface area contributed by atoms with Crippen molar-refractivity contribution in [2.45, 2.75) is 25.7 Å². The summed E-state index contributed by atoms with van der Waals surface area (Å²) in [4.78, 5) is 41.7. The molecule has 4 rings (SSSR count). The molecule has 8 heteroatoms. The van der Waals surface area contributed by atoms with Crippen LogP contribution in [0.2, 0.25) is 0 Å². The van der Waals surface area contributed by atoms with Gasteiger partial charge in [-0.3, -0.25) is 14.6 Å². The summed E-state index contributed by atoms with van der Waals surface area (Å²) in [6.07, 6.45) is 5.17. The quantitative estimate of drug-likeness (QED) is 0.647. The molecule has 0 bridgehead atoms. The number of anilines is 2. The SMILES string of the molecule is CC(=O)Nc1ccc(C(=O)N2CCC(c3cc(N(C)C)nc(-c4ccncc4)n3)CC2)cc1. The Balaban J connectivity index is 1.46. The van der Waals surface area contributed by atoms with Gasteiger partial charge in [-0.2, -0.15) is 0 Å². The maximum absolute atomic E-state index is 13.0. The third-order valence-corrected chi connectivity index (χ3v) is 5.78. The second-order valence-electron chi connectivity index (χ2n) is 8.43. The highest BCUT2D eigenvalue weighted by molar-refractivity contribution is 5.95. The van der Waals surface area contributed by atoms with Crippen LogP contribution < -0.4 is 10.2 Å². The predicted octanol–water partition coefficient (Wildman–Crippen LogP) is 3.58. The van der Waals surface area contributed by atoms with Gasteiger partial charge in [-0.15, -0.1) is 0 Å². The van der Waals surface area contributed by atoms with Gasteiger partial charge >= 0.3 is 0 Å². The summed E-state index contributed by atoms with van der Waals surface area (Å²) < 4.78 is 0. The van der Waals surface area contributed by atoms with Crippen LogP contribution in [0.5, 0.6) is 0 Å². The van der Waals surface area contributed by atoms with Gasteiger partial charge in [0.1, 0.15) is 5.82 Å². The van der Waals surface area contributed by atoms with Crippen molar-refractivity contribution in [1.82, 2.24) is 19.9 Å². The van der Waals surface area contributed by atoms with Gasteiger partial charge in [0.2, 0.25) is 5.91 Å². The monoisotopic (exact) mass is 444 g/mol. The van der Waals surface area contributed by atoms with Crippen molar-refractivity contribution >= 4 is 23.3 Å². The number of hydrogen-bond acceptors (Lipinski definition) is 6. The summed E-state index contributed by atoms with van der Waals surface area (Å²) in [5.74, 6) is 1.70. The van der Waals surface area contributed by atoms with Crippen LogP contribution in [-0.4, -0.2) is 58.9 Å². The normalized spacial score (nSPS) is 14.1. The van der Waals surface area contributed by atoms with Gasteiger partial charge < -0.3 is 15.1 Å². The number of nitrogens with one attached hydrogen (secondary N) is 1. The lowest BCUT2D eigenvalue weighted by Gasteiger charge is -2.32. The number of rotatable bonds is 5. The second kappa shape index (κ2) is 9.77. The van der Waals surface area contributed by atoms with Crippen LogP contribution in [0.15, 0.2) is 54.9 Å². The number of hydrogen-bond donors (Lipinski definition) is 1. The number of benzene rings is 1. The van der Waals surface area contributed by atoms with Crippen molar-refractivity contribution in [3.8, 4) is 11.4 Å². The average molecular weight is 445 g/mol. The molecule has 0 saturated carbocycles. The Hall–Kier alpha value is -3.81. The molecule has 1 N–H and O–H groups in total. The molecule has 33 heavy (non-hydrogen) atoms. The Bertz CT molecular complexity index is 1120. The molecule has 1 aliphatic heterocycles. The van der Waals surface area contributed by atoms with Crippen LogP contribution in [0.1, 0.15) is 41.7 Å². The Morgan fingerprint density at radius 3 is 2.27 bits per heavy atom. The van der Waals surface area contributed by atoms with Gasteiger partial charge in [0.15, 0.2) is 5.82 Å². The molecule has 0 aliphatic carbocycles. The van der Waals surface area contributed by atoms with Gasteiger partial charge in [0, 0.05) is 81.0 Å². The van der Waals surface area contributed by atoms with E-state index in [-0.39, 0.29) is 17.7 Å². The molecule has 0 atom stereocenters. The number of carbonyl (C=O) groups is 2. The van der Waals surface area contributed by atoms with Gasteiger partial charge in [-0.1, -0.05) is 0 Å². The van der Waals surface area contributed by atoms with Crippen LogP contribution in [-0.2, 0) is 4.79 Å². The lowest BCUT2D eigenvalue weighted by atomic mass is 9.92. The van der Waals surface area contributed by atoms with Gasteiger partial charge in [0.25, 0.3) is 5.91 Å². The minimum Gasteiger partial charge on any atom is -0.363 e. The molecule has 0 radical (unpaired) electrons. The fourth-order valence-electron chi connectivity index (χ4n) is 3.98. The topological polar surface area (TPSA) is 91.3 Å². The van der Waals surface area contributed by atoms with Crippen molar-refractivity contribution < 1.29 is 9.59 Å². The molecule has 170 valence electrons. The van der Waals surface area contributed by atoms with E-state index in [4.69, 9.17) is 9.97 Å². The third kappa shape index (κ3) is 5.34. The number of carbonyl (C=O) groups excluding carboxylic acids is 2. The van der Waals surface area contributed by atoms with E-state index < -0.39 is 0 Å². The van der Waals surface area contributed by atoms with Crippen molar-refractivity contribution in [2.75, 3.05) is 37.4 Å². The van der Waals surface area contributed by atoms with Crippen molar-refractivity contribution in [3.05, 3.63) is 66.1 Å². The molecule has 0 unspecified atom stereocenters. The number of likely N-dealkylation sites (tertiary alicyclic amines) is 1. The first kappa shape index (κ1) is 22.4. The summed E-state index contributed by atoms with van der Waals surface area (Å²) in [5, 5.41) is 2.72. The summed E-state index contributed by atoms with van der Waals surface area (Å²) in [6, 6.07) is 12.9. The zero-order chi connectivity index (χ0) is 23.4. The van der Waals surface area contributed by atoms with E-state index in [0.29, 0.717) is 30.2 Å². The molecule has 1 aliphatic rings. The highest BCUT2D eigenvalue weighted by Gasteiger charge is 2.26. The second-order valence-corrected chi connectivity index (χ2v) is 8.43. The minimum atomic E-state index is -0.134. The van der Waals surface area contributed by atoms with E-state index in [1.54, 1.807) is 36.7 Å². The van der Waals surface area contributed by atoms with Crippen molar-refractivity contribution in [3.63, 3.8) is 0 Å². The highest BCUT2D eigenvalue weighted by Crippen LogP contribution is 2.31. The molecular weight excluding hydrogens is 416 g/mol. The maximum Gasteiger partial charge on any atom is 0.253 e. The van der Waals surface area contributed by atoms with Gasteiger partial charge in [-0.05, 0) is 49.2 Å². The van der Waals surface area contributed by atoms with E-state index in [1.807, 2.05) is 42.1 Å². The number of pyridine rings is 1. The molecule has 0 spiro atoms. The van der Waals surface area contributed by atoms with E-state index in [1.165, 1.54) is 6.92 Å². The van der Waals surface area contributed by atoms with Crippen LogP contribution in [0, 0.1) is 0 Å². The van der Waals surface area contributed by atoms with E-state index in [9.17, 15) is 9.59 Å². The summed E-state index contributed by atoms with van der Waals surface area (Å²) in [5.41, 5.74) is 3.25. The lowest BCUT2D eigenvalue weighted by molar-refractivity contribution is -0.114. The fraction of sp³-hybridized carbons (Fsp3) is 0.320. The molecule has 1 fully saturated rings. The summed E-state index contributed by atoms with van der Waals surface area (Å²) in [7, 11) is 3.95. The minimum absolute atomic E-state index is 0.0111. The number of nitrogens with zero attached hydrogens (tertiary/aromatic N) is 5. The first-order valence-electron chi connectivity index (χ1n) is 11.0. The predicted molar refractivity (Wildman–Crippen MR) is 128 cm³/mol. The average Bonchev–Trinajstić information content (AvgIpc) is 2.84. The zero-order valence-electron chi connectivity index (χ0n) is 19.2. The van der Waals surface area contributed by atoms with Crippen LogP contribution in [0.4, 0.5) is 11.5 Å². The number of aromatic nitrogens is 3. The Morgan fingerprint density at radius 1 is 1.00 bits per heavy atom. The summed E-state index contributed by atoms with van der Waals surface area (Å²) in [6.45, 7) is 2.80. The maximum atomic E-state index is 13.0. The van der Waals surface area contributed by atoms with Crippen LogP contribution in [0.3, 0.4) is 0 Å². The molecule has 2 aromatic heterocycles. The molecule has 8 nitrogen and oxygen atoms in total. The van der Waals surface area contributed by atoms with Crippen LogP contribution >= 0.6 is 0 Å². The third-order valence-electron chi connectivity index (χ3n) is 5.78. The first-order valence-corrected chi connectivity index (χ1v) is 11.0. The standard InChI is InChI=1S/C25H28N6O2/c1-17(32)27-21-6-4-20(5-7-21)25(33)31-14-10-18(11-15-31)22-16-23(30(2)3)29-24(28-22)19-8-12-26-13-9-19/h4-9,12-13,16,18H,10-11,14-15H2,1-3H3,(H,27,32). The fourth-order valence-corrected chi connectivity index (χ4v) is 3.98. The molecule has 3 heterocycles. The smallest absolute Gasteiger partial charge is 0.253 e. The van der Waals surface area contributed by atoms with Crippen molar-refractivity contribution in [1.29, 1.82) is 0 Å². The molecule has 1 aromatic carbocycles. The van der Waals surface area contributed by atoms with Gasteiger partial charge in [-0.25, -0.2) is 9.97 Å². The molecule has 2 amide bonds. The van der Waals surface area contributed by atoms with Crippen molar-refractivity contribution in [2.24, 2.45) is 0 Å². The van der Waals surface area contributed by atoms with Gasteiger partial charge in [0.05, 0.1) is 0 Å². The zero-order valence-corrected chi connectivity index (χ0v) is 19.2. The molecule has 1 saturated heterocycles.